The van der Waals surface area contributed by atoms with Gasteiger partial charge in [-0.2, -0.15) is 0 Å². The van der Waals surface area contributed by atoms with Crippen molar-refractivity contribution in [1.82, 2.24) is 14.3 Å². The van der Waals surface area contributed by atoms with E-state index in [1.165, 1.54) is 12.3 Å². The molecule has 3 N–H and O–H groups in total. The molecule has 1 aromatic heterocycles. The fraction of sp³-hybridized carbons (Fsp3) is 0.857. The number of aliphatic hydroxyl groups is 1. The van der Waals surface area contributed by atoms with Crippen molar-refractivity contribution in [2.75, 3.05) is 18.9 Å². The van der Waals surface area contributed by atoms with E-state index in [9.17, 15) is 23.1 Å². The van der Waals surface area contributed by atoms with E-state index in [0.29, 0.717) is 6.42 Å². The van der Waals surface area contributed by atoms with Crippen LogP contribution in [0.1, 0.15) is 80.4 Å². The SMILES string of the molecule is CCCCCCNS(=O)(=O)C[C@]1(O)[C@@H](CO[Si](C)(C)C(C)(C)C)O[C@@H](n2ccc(=O)[nH]c2=O)[C@@H]1O[Si](C)(C)C(C)(C)C. The van der Waals surface area contributed by atoms with Crippen molar-refractivity contribution in [3.05, 3.63) is 33.1 Å². The summed E-state index contributed by atoms with van der Waals surface area (Å²) in [6, 6.07) is 1.18. The van der Waals surface area contributed by atoms with Gasteiger partial charge >= 0.3 is 5.69 Å². The molecule has 4 atom stereocenters. The molecule has 11 nitrogen and oxygen atoms in total. The summed E-state index contributed by atoms with van der Waals surface area (Å²) in [5, 5.41) is 12.0. The maximum atomic E-state index is 13.5. The lowest BCUT2D eigenvalue weighted by Crippen LogP contribution is -2.60. The average Bonchev–Trinajstić information content (AvgIpc) is 3.06. The number of aromatic nitrogens is 2. The van der Waals surface area contributed by atoms with Crippen molar-refractivity contribution < 1.29 is 27.1 Å². The van der Waals surface area contributed by atoms with Crippen molar-refractivity contribution in [3.63, 3.8) is 0 Å². The van der Waals surface area contributed by atoms with Gasteiger partial charge in [0.25, 0.3) is 5.56 Å². The first-order valence-corrected chi connectivity index (χ1v) is 22.4. The molecule has 0 spiro atoms. The number of nitrogens with zero attached hydrogens (tertiary/aromatic N) is 1. The largest absolute Gasteiger partial charge is 0.414 e. The monoisotopic (exact) mass is 649 g/mol. The Hall–Kier alpha value is -1.14. The number of rotatable bonds is 14. The minimum atomic E-state index is -4.01. The van der Waals surface area contributed by atoms with E-state index in [4.69, 9.17) is 13.6 Å². The normalized spacial score (nSPS) is 24.3. The highest BCUT2D eigenvalue weighted by Crippen LogP contribution is 2.46. The van der Waals surface area contributed by atoms with Crippen LogP contribution < -0.4 is 16.0 Å². The highest BCUT2D eigenvalue weighted by Gasteiger charge is 2.61. The Morgan fingerprint density at radius 2 is 1.64 bits per heavy atom. The molecular formula is C28H55N3O8SSi2. The zero-order valence-corrected chi connectivity index (χ0v) is 30.3. The molecule has 244 valence electrons. The van der Waals surface area contributed by atoms with Gasteiger partial charge in [-0.3, -0.25) is 14.3 Å². The Labute approximate surface area is 254 Å². The molecule has 1 aliphatic heterocycles. The third kappa shape index (κ3) is 8.96. The van der Waals surface area contributed by atoms with Crippen molar-refractivity contribution in [2.45, 2.75) is 134 Å². The summed E-state index contributed by atoms with van der Waals surface area (Å²) in [7, 11) is -9.03. The summed E-state index contributed by atoms with van der Waals surface area (Å²) < 4.78 is 50.3. The van der Waals surface area contributed by atoms with E-state index < -0.39 is 67.7 Å². The van der Waals surface area contributed by atoms with Crippen LogP contribution >= 0.6 is 0 Å². The minimum absolute atomic E-state index is 0.0923. The van der Waals surface area contributed by atoms with E-state index in [-0.39, 0.29) is 23.2 Å². The van der Waals surface area contributed by atoms with E-state index in [1.54, 1.807) is 0 Å². The molecule has 0 aliphatic carbocycles. The highest BCUT2D eigenvalue weighted by molar-refractivity contribution is 7.89. The van der Waals surface area contributed by atoms with E-state index in [0.717, 1.165) is 23.8 Å². The predicted molar refractivity (Wildman–Crippen MR) is 171 cm³/mol. The van der Waals surface area contributed by atoms with Gasteiger partial charge < -0.3 is 18.7 Å². The second-order valence-corrected chi connectivity index (χ2v) is 26.0. The van der Waals surface area contributed by atoms with Crippen molar-refractivity contribution in [2.24, 2.45) is 0 Å². The molecule has 0 saturated carbocycles. The van der Waals surface area contributed by atoms with E-state index >= 15 is 0 Å². The van der Waals surface area contributed by atoms with Crippen LogP contribution in [-0.4, -0.2) is 76.4 Å². The van der Waals surface area contributed by atoms with Gasteiger partial charge in [0.2, 0.25) is 10.0 Å². The third-order valence-corrected chi connectivity index (χ3v) is 19.6. The van der Waals surface area contributed by atoms with Gasteiger partial charge in [0.05, 0.1) is 12.4 Å². The van der Waals surface area contributed by atoms with Crippen LogP contribution in [-0.2, 0) is 23.6 Å². The number of hydrogen-bond acceptors (Lipinski definition) is 8. The maximum absolute atomic E-state index is 13.5. The molecule has 14 heteroatoms. The van der Waals surface area contributed by atoms with Gasteiger partial charge in [0.15, 0.2) is 22.9 Å². The smallest absolute Gasteiger partial charge is 0.330 e. The number of nitrogens with one attached hydrogen (secondary N) is 2. The Bertz CT molecular complexity index is 1270. The second-order valence-electron chi connectivity index (χ2n) is 14.6. The van der Waals surface area contributed by atoms with Gasteiger partial charge in [0.1, 0.15) is 17.8 Å². The predicted octanol–water partition coefficient (Wildman–Crippen LogP) is 4.08. The molecule has 0 aromatic carbocycles. The number of H-pyrrole nitrogens is 1. The Kier molecular flexibility index (Phi) is 11.9. The molecule has 0 unspecified atom stereocenters. The second kappa shape index (κ2) is 13.5. The van der Waals surface area contributed by atoms with Gasteiger partial charge in [0, 0.05) is 18.8 Å². The standard InChI is InChI=1S/C28H55N3O8SSi2/c1-12-13-14-15-17-29-40(35,36)20-28(34)21(19-37-41(8,9)26(2,3)4)38-24(31-18-16-22(32)30-25(31)33)23(28)39-42(10,11)27(5,6)7/h16,18,21,23-24,29,34H,12-15,17,19-20H2,1-11H3,(H,30,32,33)/t21-,23+,24-,28+/m1/s1. The highest BCUT2D eigenvalue weighted by atomic mass is 32.2. The zero-order chi connectivity index (χ0) is 32.4. The average molecular weight is 650 g/mol. The van der Waals surface area contributed by atoms with Crippen LogP contribution in [0.4, 0.5) is 0 Å². The van der Waals surface area contributed by atoms with Crippen LogP contribution in [0.5, 0.6) is 0 Å². The molecule has 0 bridgehead atoms. The summed E-state index contributed by atoms with van der Waals surface area (Å²) in [4.78, 5) is 27.1. The van der Waals surface area contributed by atoms with Crippen molar-refractivity contribution in [1.29, 1.82) is 0 Å². The van der Waals surface area contributed by atoms with E-state index in [2.05, 4.69) is 50.5 Å². The summed E-state index contributed by atoms with van der Waals surface area (Å²) in [6.45, 7) is 22.7. The van der Waals surface area contributed by atoms with Gasteiger partial charge in [-0.1, -0.05) is 67.7 Å². The van der Waals surface area contributed by atoms with Gasteiger partial charge in [-0.05, 0) is 42.7 Å². The molecule has 0 radical (unpaired) electrons. The summed E-state index contributed by atoms with van der Waals surface area (Å²) in [6.07, 6.45) is 1.30. The molecule has 1 aromatic rings. The number of hydrogen-bond donors (Lipinski definition) is 3. The zero-order valence-electron chi connectivity index (χ0n) is 27.5. The lowest BCUT2D eigenvalue weighted by Gasteiger charge is -2.43. The summed E-state index contributed by atoms with van der Waals surface area (Å²) in [5.74, 6) is -0.701. The third-order valence-electron chi connectivity index (χ3n) is 9.14. The van der Waals surface area contributed by atoms with Crippen LogP contribution in [0.15, 0.2) is 21.9 Å². The van der Waals surface area contributed by atoms with Crippen LogP contribution in [0.25, 0.3) is 0 Å². The van der Waals surface area contributed by atoms with Crippen molar-refractivity contribution in [3.8, 4) is 0 Å². The Morgan fingerprint density at radius 1 is 1.05 bits per heavy atom. The lowest BCUT2D eigenvalue weighted by molar-refractivity contribution is -0.0750. The lowest BCUT2D eigenvalue weighted by atomic mass is 9.94. The molecule has 42 heavy (non-hydrogen) atoms. The number of sulfonamides is 1. The first-order chi connectivity index (χ1) is 19.0. The first kappa shape index (κ1) is 37.1. The Morgan fingerprint density at radius 3 is 2.17 bits per heavy atom. The quantitative estimate of drug-likeness (QED) is 0.202. The Balaban J connectivity index is 2.63. The van der Waals surface area contributed by atoms with Crippen molar-refractivity contribution >= 4 is 26.7 Å². The molecular weight excluding hydrogens is 595 g/mol. The van der Waals surface area contributed by atoms with E-state index in [1.807, 2.05) is 33.9 Å². The topological polar surface area (TPSA) is 149 Å². The minimum Gasteiger partial charge on any atom is -0.414 e. The van der Waals surface area contributed by atoms with Crippen LogP contribution in [0.3, 0.4) is 0 Å². The molecule has 2 rings (SSSR count). The fourth-order valence-electron chi connectivity index (χ4n) is 4.28. The number of ether oxygens (including phenoxy) is 1. The van der Waals surface area contributed by atoms with Crippen LogP contribution in [0, 0.1) is 0 Å². The molecule has 1 aliphatic rings. The number of aromatic amines is 1. The molecule has 1 fully saturated rings. The van der Waals surface area contributed by atoms with Crippen LogP contribution in [0.2, 0.25) is 36.3 Å². The van der Waals surface area contributed by atoms with Gasteiger partial charge in [-0.25, -0.2) is 17.9 Å². The fourth-order valence-corrected chi connectivity index (χ4v) is 8.10. The number of unbranched alkanes of at least 4 members (excludes halogenated alkanes) is 3. The molecule has 2 heterocycles. The summed E-state index contributed by atoms with van der Waals surface area (Å²) in [5.41, 5.74) is -3.41. The van der Waals surface area contributed by atoms with Gasteiger partial charge in [-0.15, -0.1) is 0 Å². The first-order valence-electron chi connectivity index (χ1n) is 15.0. The molecule has 1 saturated heterocycles. The summed E-state index contributed by atoms with van der Waals surface area (Å²) >= 11 is 0. The maximum Gasteiger partial charge on any atom is 0.330 e. The molecule has 0 amide bonds.